The van der Waals surface area contributed by atoms with Crippen LogP contribution in [0.15, 0.2) is 12.3 Å². The zero-order valence-corrected chi connectivity index (χ0v) is 20.1. The highest BCUT2D eigenvalue weighted by Crippen LogP contribution is 2.39. The summed E-state index contributed by atoms with van der Waals surface area (Å²) in [7, 11) is 0. The van der Waals surface area contributed by atoms with Crippen LogP contribution in [0.25, 0.3) is 5.65 Å². The molecule has 2 N–H and O–H groups in total. The van der Waals surface area contributed by atoms with E-state index in [1.54, 1.807) is 0 Å². The number of hydrogen-bond donors (Lipinski definition) is 1. The minimum Gasteiger partial charge on any atom is -0.355 e. The van der Waals surface area contributed by atoms with E-state index in [1.807, 2.05) is 35.5 Å². The zero-order valence-electron chi connectivity index (χ0n) is 20.1. The van der Waals surface area contributed by atoms with Crippen LogP contribution in [0, 0.1) is 24.7 Å². The van der Waals surface area contributed by atoms with E-state index in [9.17, 15) is 9.18 Å². The Balaban J connectivity index is 1.41. The van der Waals surface area contributed by atoms with Gasteiger partial charge in [0, 0.05) is 49.4 Å². The molecule has 180 valence electrons. The number of anilines is 1. The van der Waals surface area contributed by atoms with Gasteiger partial charge in [-0.15, -0.1) is 0 Å². The summed E-state index contributed by atoms with van der Waals surface area (Å²) in [4.78, 5) is 22.8. The van der Waals surface area contributed by atoms with Gasteiger partial charge in [-0.2, -0.15) is 5.10 Å². The number of aryl methyl sites for hydroxylation is 1. The van der Waals surface area contributed by atoms with Crippen LogP contribution in [-0.2, 0) is 4.79 Å². The third-order valence-electron chi connectivity index (χ3n) is 8.02. The maximum absolute atomic E-state index is 14.4. The Hall–Kier alpha value is -2.22. The average Bonchev–Trinajstić information content (AvgIpc) is 3.41. The minimum absolute atomic E-state index is 0.0365. The molecule has 3 aliphatic rings. The maximum atomic E-state index is 14.4. The Bertz CT molecular complexity index is 1010. The number of rotatable bonds is 3. The van der Waals surface area contributed by atoms with Crippen LogP contribution < -0.4 is 10.6 Å². The van der Waals surface area contributed by atoms with Gasteiger partial charge >= 0.3 is 0 Å². The number of carbonyl (C=O) groups is 1. The van der Waals surface area contributed by atoms with Crippen molar-refractivity contribution < 1.29 is 9.18 Å². The summed E-state index contributed by atoms with van der Waals surface area (Å²) in [5.74, 6) is 0.935. The summed E-state index contributed by atoms with van der Waals surface area (Å²) in [6.07, 6.45) is 6.49. The van der Waals surface area contributed by atoms with E-state index in [4.69, 9.17) is 15.8 Å². The topological polar surface area (TPSA) is 79.8 Å². The number of aromatic nitrogens is 3. The highest BCUT2D eigenvalue weighted by atomic mass is 19.1. The quantitative estimate of drug-likeness (QED) is 0.763. The van der Waals surface area contributed by atoms with Crippen molar-refractivity contribution in [1.29, 1.82) is 0 Å². The van der Waals surface area contributed by atoms with E-state index in [1.165, 1.54) is 0 Å². The van der Waals surface area contributed by atoms with Crippen LogP contribution in [0.4, 0.5) is 10.2 Å². The Morgan fingerprint density at radius 3 is 2.61 bits per heavy atom. The number of piperidine rings is 1. The van der Waals surface area contributed by atoms with Crippen LogP contribution in [0.5, 0.6) is 0 Å². The molecule has 2 aromatic heterocycles. The van der Waals surface area contributed by atoms with Gasteiger partial charge < -0.3 is 15.5 Å². The maximum Gasteiger partial charge on any atom is 0.226 e. The molecule has 0 bridgehead atoms. The first-order chi connectivity index (χ1) is 15.8. The highest BCUT2D eigenvalue weighted by molar-refractivity contribution is 5.79. The number of fused-ring (bicyclic) bond motifs is 1. The molecule has 4 atom stereocenters. The second-order valence-corrected chi connectivity index (χ2v) is 10.7. The lowest BCUT2D eigenvalue weighted by Crippen LogP contribution is -2.45. The molecule has 7 nitrogen and oxygen atoms in total. The first-order valence-electron chi connectivity index (χ1n) is 12.6. The summed E-state index contributed by atoms with van der Waals surface area (Å²) >= 11 is 0. The van der Waals surface area contributed by atoms with E-state index in [2.05, 4.69) is 11.8 Å². The average molecular weight is 457 g/mol. The molecule has 2 aliphatic heterocycles. The minimum atomic E-state index is -0.807. The van der Waals surface area contributed by atoms with Crippen LogP contribution in [0.1, 0.15) is 69.7 Å². The summed E-state index contributed by atoms with van der Waals surface area (Å²) in [6.45, 7) is 8.44. The Labute approximate surface area is 195 Å². The molecule has 1 aliphatic carbocycles. The molecule has 4 heterocycles. The van der Waals surface area contributed by atoms with Crippen molar-refractivity contribution in [1.82, 2.24) is 19.5 Å². The fourth-order valence-corrected chi connectivity index (χ4v) is 6.24. The van der Waals surface area contributed by atoms with E-state index in [0.29, 0.717) is 12.8 Å². The van der Waals surface area contributed by atoms with Gasteiger partial charge in [0.05, 0.1) is 11.7 Å². The number of halogens is 1. The highest BCUT2D eigenvalue weighted by Gasteiger charge is 2.40. The molecule has 0 aromatic carbocycles. The standard InChI is InChI=1S/C25H37FN6O/c1-15-10-18(11-16(2)23(15)26)25(33)31-8-5-4-6-21(31)20-12-22-28-24(17(3)13-32(22)29-20)30-9-7-19(27)14-30/h12-13,15-16,18-19,21,23H,4-11,14,27H2,1-3H3/t15?,16?,18?,19-,21-,23?/m0/s1. The van der Waals surface area contributed by atoms with E-state index in [-0.39, 0.29) is 35.7 Å². The molecule has 2 unspecified atom stereocenters. The van der Waals surface area contributed by atoms with Gasteiger partial charge in [-0.05, 0) is 57.3 Å². The van der Waals surface area contributed by atoms with Crippen LogP contribution in [-0.4, -0.2) is 57.3 Å². The van der Waals surface area contributed by atoms with Crippen molar-refractivity contribution in [2.24, 2.45) is 23.5 Å². The van der Waals surface area contributed by atoms with Gasteiger partial charge in [0.1, 0.15) is 12.0 Å². The molecule has 1 amide bonds. The second kappa shape index (κ2) is 8.85. The fraction of sp³-hybridized carbons (Fsp3) is 0.720. The van der Waals surface area contributed by atoms with E-state index >= 15 is 0 Å². The first kappa shape index (κ1) is 22.6. The molecule has 2 saturated heterocycles. The van der Waals surface area contributed by atoms with Gasteiger partial charge in [0.2, 0.25) is 5.91 Å². The van der Waals surface area contributed by atoms with Gasteiger partial charge in [-0.25, -0.2) is 13.9 Å². The van der Waals surface area contributed by atoms with E-state index in [0.717, 1.165) is 68.0 Å². The summed E-state index contributed by atoms with van der Waals surface area (Å²) in [5.41, 5.74) is 8.91. The number of likely N-dealkylation sites (tertiary alicyclic amines) is 1. The monoisotopic (exact) mass is 456 g/mol. The van der Waals surface area contributed by atoms with Gasteiger partial charge in [0.25, 0.3) is 0 Å². The zero-order chi connectivity index (χ0) is 23.3. The molecule has 2 aromatic rings. The SMILES string of the molecule is Cc1cn2nc([C@@H]3CCCCN3C(=O)C3CC(C)C(F)C(C)C3)cc2nc1N1CC[C@H](N)C1. The molecular formula is C25H37FN6O. The number of alkyl halides is 1. The number of hydrogen-bond acceptors (Lipinski definition) is 5. The number of nitrogens with two attached hydrogens (primary N) is 1. The Morgan fingerprint density at radius 1 is 1.15 bits per heavy atom. The molecule has 8 heteroatoms. The molecular weight excluding hydrogens is 419 g/mol. The second-order valence-electron chi connectivity index (χ2n) is 10.7. The van der Waals surface area contributed by atoms with Crippen LogP contribution >= 0.6 is 0 Å². The number of nitrogens with zero attached hydrogens (tertiary/aromatic N) is 5. The molecule has 0 radical (unpaired) electrons. The van der Waals surface area contributed by atoms with Crippen molar-refractivity contribution in [2.75, 3.05) is 24.5 Å². The van der Waals surface area contributed by atoms with Crippen molar-refractivity contribution in [3.05, 3.63) is 23.5 Å². The van der Waals surface area contributed by atoms with Gasteiger partial charge in [-0.1, -0.05) is 13.8 Å². The van der Waals surface area contributed by atoms with Crippen molar-refractivity contribution >= 4 is 17.4 Å². The van der Waals surface area contributed by atoms with Gasteiger partial charge in [-0.3, -0.25) is 4.79 Å². The van der Waals surface area contributed by atoms with E-state index < -0.39 is 6.17 Å². The summed E-state index contributed by atoms with van der Waals surface area (Å²) < 4.78 is 16.2. The smallest absolute Gasteiger partial charge is 0.226 e. The van der Waals surface area contributed by atoms with Crippen molar-refractivity contribution in [2.45, 2.75) is 77.6 Å². The lowest BCUT2D eigenvalue weighted by Gasteiger charge is -2.40. The Kier molecular flexibility index (Phi) is 6.05. The fourth-order valence-electron chi connectivity index (χ4n) is 6.24. The Morgan fingerprint density at radius 2 is 1.91 bits per heavy atom. The lowest BCUT2D eigenvalue weighted by molar-refractivity contribution is -0.142. The largest absolute Gasteiger partial charge is 0.355 e. The first-order valence-corrected chi connectivity index (χ1v) is 12.6. The predicted octanol–water partition coefficient (Wildman–Crippen LogP) is 3.65. The molecule has 0 spiro atoms. The summed E-state index contributed by atoms with van der Waals surface area (Å²) in [6, 6.07) is 2.20. The molecule has 1 saturated carbocycles. The van der Waals surface area contributed by atoms with Crippen molar-refractivity contribution in [3.8, 4) is 0 Å². The van der Waals surface area contributed by atoms with Crippen LogP contribution in [0.3, 0.4) is 0 Å². The lowest BCUT2D eigenvalue weighted by atomic mass is 9.74. The normalized spacial score (nSPS) is 33.1. The van der Waals surface area contributed by atoms with Crippen molar-refractivity contribution in [3.63, 3.8) is 0 Å². The third kappa shape index (κ3) is 4.22. The van der Waals surface area contributed by atoms with Crippen LogP contribution in [0.2, 0.25) is 0 Å². The summed E-state index contributed by atoms with van der Waals surface area (Å²) in [5, 5.41) is 4.86. The number of carbonyl (C=O) groups excluding carboxylic acids is 1. The molecule has 3 fully saturated rings. The van der Waals surface area contributed by atoms with Gasteiger partial charge in [0.15, 0.2) is 5.65 Å². The molecule has 5 rings (SSSR count). The molecule has 33 heavy (non-hydrogen) atoms. The predicted molar refractivity (Wildman–Crippen MR) is 127 cm³/mol. The third-order valence-corrected chi connectivity index (χ3v) is 8.02. The number of amides is 1.